The average Bonchev–Trinajstić information content (AvgIpc) is 2.19. The van der Waals surface area contributed by atoms with E-state index in [-0.39, 0.29) is 6.04 Å². The molecular formula is C12H18N2. The lowest BCUT2D eigenvalue weighted by Crippen LogP contribution is -2.43. The molecule has 0 aliphatic carbocycles. The van der Waals surface area contributed by atoms with Crippen molar-refractivity contribution in [3.8, 4) is 0 Å². The van der Waals surface area contributed by atoms with Crippen molar-refractivity contribution in [3.63, 3.8) is 0 Å². The third-order valence-corrected chi connectivity index (χ3v) is 3.07. The van der Waals surface area contributed by atoms with Crippen molar-refractivity contribution in [2.24, 2.45) is 5.73 Å². The monoisotopic (exact) mass is 190 g/mol. The molecule has 2 heteroatoms. The van der Waals surface area contributed by atoms with Crippen LogP contribution < -0.4 is 5.73 Å². The van der Waals surface area contributed by atoms with Gasteiger partial charge in [0.1, 0.15) is 0 Å². The maximum atomic E-state index is 6.16. The molecule has 0 bridgehead atoms. The van der Waals surface area contributed by atoms with E-state index in [1.165, 1.54) is 12.0 Å². The number of piperidine rings is 1. The third-order valence-electron chi connectivity index (χ3n) is 3.07. The molecule has 2 atom stereocenters. The number of hydrogen-bond acceptors (Lipinski definition) is 2. The summed E-state index contributed by atoms with van der Waals surface area (Å²) in [6, 6.07) is 11.3. The minimum absolute atomic E-state index is 0.288. The molecule has 1 aliphatic heterocycles. The summed E-state index contributed by atoms with van der Waals surface area (Å²) in [7, 11) is 2.16. The molecule has 1 fully saturated rings. The fraction of sp³-hybridized carbons (Fsp3) is 0.500. The SMILES string of the molecule is CN1CCC[C@@H](N)[C@H]1c1ccccc1. The largest absolute Gasteiger partial charge is 0.326 e. The van der Waals surface area contributed by atoms with Crippen molar-refractivity contribution in [3.05, 3.63) is 35.9 Å². The summed E-state index contributed by atoms with van der Waals surface area (Å²) in [6.07, 6.45) is 2.37. The Labute approximate surface area is 85.7 Å². The van der Waals surface area contributed by atoms with Crippen molar-refractivity contribution in [1.29, 1.82) is 0 Å². The fourth-order valence-corrected chi connectivity index (χ4v) is 2.35. The second-order valence-corrected chi connectivity index (χ2v) is 4.14. The van der Waals surface area contributed by atoms with Crippen LogP contribution in [0.15, 0.2) is 30.3 Å². The lowest BCUT2D eigenvalue weighted by Gasteiger charge is -2.37. The fourth-order valence-electron chi connectivity index (χ4n) is 2.35. The predicted octanol–water partition coefficient (Wildman–Crippen LogP) is 1.78. The van der Waals surface area contributed by atoms with Gasteiger partial charge in [-0.25, -0.2) is 0 Å². The second-order valence-electron chi connectivity index (χ2n) is 4.14. The molecule has 0 aromatic heterocycles. The Kier molecular flexibility index (Phi) is 2.85. The summed E-state index contributed by atoms with van der Waals surface area (Å²) in [5, 5.41) is 0. The van der Waals surface area contributed by atoms with Gasteiger partial charge in [-0.2, -0.15) is 0 Å². The number of likely N-dealkylation sites (tertiary alicyclic amines) is 1. The molecule has 0 unspecified atom stereocenters. The van der Waals surface area contributed by atoms with E-state index >= 15 is 0 Å². The summed E-state index contributed by atoms with van der Waals surface area (Å²) >= 11 is 0. The van der Waals surface area contributed by atoms with E-state index in [2.05, 4.69) is 42.3 Å². The van der Waals surface area contributed by atoms with Crippen molar-refractivity contribution in [1.82, 2.24) is 4.90 Å². The summed E-state index contributed by atoms with van der Waals surface area (Å²) < 4.78 is 0. The third kappa shape index (κ3) is 1.81. The van der Waals surface area contributed by atoms with Crippen LogP contribution in [0.5, 0.6) is 0 Å². The van der Waals surface area contributed by atoms with Gasteiger partial charge in [-0.15, -0.1) is 0 Å². The van der Waals surface area contributed by atoms with E-state index in [1.807, 2.05) is 0 Å². The Hall–Kier alpha value is -0.860. The number of benzene rings is 1. The first kappa shape index (κ1) is 9.69. The molecule has 1 aromatic rings. The number of nitrogens with zero attached hydrogens (tertiary/aromatic N) is 1. The predicted molar refractivity (Wildman–Crippen MR) is 59.0 cm³/mol. The molecule has 1 aromatic carbocycles. The van der Waals surface area contributed by atoms with Gasteiger partial charge in [-0.3, -0.25) is 4.90 Å². The van der Waals surface area contributed by atoms with E-state index in [1.54, 1.807) is 0 Å². The Bertz CT molecular complexity index is 274. The molecule has 14 heavy (non-hydrogen) atoms. The lowest BCUT2D eigenvalue weighted by molar-refractivity contribution is 0.163. The first-order chi connectivity index (χ1) is 6.79. The molecule has 1 heterocycles. The highest BCUT2D eigenvalue weighted by Gasteiger charge is 2.27. The topological polar surface area (TPSA) is 29.3 Å². The quantitative estimate of drug-likeness (QED) is 0.731. The van der Waals surface area contributed by atoms with E-state index < -0.39 is 0 Å². The normalized spacial score (nSPS) is 29.0. The molecule has 1 saturated heterocycles. The van der Waals surface area contributed by atoms with E-state index in [0.29, 0.717) is 6.04 Å². The molecular weight excluding hydrogens is 172 g/mol. The maximum absolute atomic E-state index is 6.16. The van der Waals surface area contributed by atoms with Gasteiger partial charge < -0.3 is 5.73 Å². The zero-order valence-corrected chi connectivity index (χ0v) is 8.69. The molecule has 76 valence electrons. The first-order valence-corrected chi connectivity index (χ1v) is 5.30. The highest BCUT2D eigenvalue weighted by atomic mass is 15.2. The molecule has 2 rings (SSSR count). The molecule has 0 radical (unpaired) electrons. The van der Waals surface area contributed by atoms with Gasteiger partial charge in [0.15, 0.2) is 0 Å². The van der Waals surface area contributed by atoms with E-state index in [0.717, 1.165) is 13.0 Å². The zero-order chi connectivity index (χ0) is 9.97. The average molecular weight is 190 g/mol. The van der Waals surface area contributed by atoms with Crippen LogP contribution in [0.2, 0.25) is 0 Å². The molecule has 2 N–H and O–H groups in total. The van der Waals surface area contributed by atoms with Gasteiger partial charge in [0, 0.05) is 12.1 Å². The Morgan fingerprint density at radius 1 is 1.29 bits per heavy atom. The lowest BCUT2D eigenvalue weighted by atomic mass is 9.91. The van der Waals surface area contributed by atoms with Crippen LogP contribution in [-0.2, 0) is 0 Å². The molecule has 0 saturated carbocycles. The summed E-state index contributed by atoms with van der Waals surface area (Å²) in [5.74, 6) is 0. The molecule has 1 aliphatic rings. The van der Waals surface area contributed by atoms with Crippen molar-refractivity contribution < 1.29 is 0 Å². The van der Waals surface area contributed by atoms with E-state index in [4.69, 9.17) is 5.73 Å². The molecule has 0 spiro atoms. The summed E-state index contributed by atoms with van der Waals surface area (Å²) in [4.78, 5) is 2.36. The van der Waals surface area contributed by atoms with Crippen LogP contribution >= 0.6 is 0 Å². The molecule has 0 amide bonds. The second kappa shape index (κ2) is 4.11. The van der Waals surface area contributed by atoms with Gasteiger partial charge in [-0.05, 0) is 32.0 Å². The van der Waals surface area contributed by atoms with Gasteiger partial charge in [0.2, 0.25) is 0 Å². The zero-order valence-electron chi connectivity index (χ0n) is 8.69. The maximum Gasteiger partial charge on any atom is 0.0496 e. The van der Waals surface area contributed by atoms with E-state index in [9.17, 15) is 0 Å². The van der Waals surface area contributed by atoms with Crippen LogP contribution in [0.25, 0.3) is 0 Å². The van der Waals surface area contributed by atoms with Crippen molar-refractivity contribution >= 4 is 0 Å². The highest BCUT2D eigenvalue weighted by Crippen LogP contribution is 2.28. The van der Waals surface area contributed by atoms with Gasteiger partial charge in [0.25, 0.3) is 0 Å². The van der Waals surface area contributed by atoms with Crippen LogP contribution in [0, 0.1) is 0 Å². The Morgan fingerprint density at radius 3 is 2.64 bits per heavy atom. The highest BCUT2D eigenvalue weighted by molar-refractivity contribution is 5.21. The minimum Gasteiger partial charge on any atom is -0.326 e. The van der Waals surface area contributed by atoms with Gasteiger partial charge in [-0.1, -0.05) is 30.3 Å². The smallest absolute Gasteiger partial charge is 0.0496 e. The molecule has 2 nitrogen and oxygen atoms in total. The first-order valence-electron chi connectivity index (χ1n) is 5.30. The van der Waals surface area contributed by atoms with Gasteiger partial charge >= 0.3 is 0 Å². The Balaban J connectivity index is 2.23. The van der Waals surface area contributed by atoms with Crippen molar-refractivity contribution in [2.45, 2.75) is 24.9 Å². The summed E-state index contributed by atoms with van der Waals surface area (Å²) in [6.45, 7) is 1.16. The number of rotatable bonds is 1. The van der Waals surface area contributed by atoms with Crippen LogP contribution in [0.4, 0.5) is 0 Å². The number of likely N-dealkylation sites (N-methyl/N-ethyl adjacent to an activating group) is 1. The number of hydrogen-bond donors (Lipinski definition) is 1. The van der Waals surface area contributed by atoms with Crippen molar-refractivity contribution in [2.75, 3.05) is 13.6 Å². The number of nitrogens with two attached hydrogens (primary N) is 1. The van der Waals surface area contributed by atoms with Crippen LogP contribution in [0.3, 0.4) is 0 Å². The summed E-state index contributed by atoms with van der Waals surface area (Å²) in [5.41, 5.74) is 7.51. The van der Waals surface area contributed by atoms with Crippen LogP contribution in [0.1, 0.15) is 24.4 Å². The van der Waals surface area contributed by atoms with Gasteiger partial charge in [0.05, 0.1) is 0 Å². The minimum atomic E-state index is 0.288. The van der Waals surface area contributed by atoms with Crippen LogP contribution in [-0.4, -0.2) is 24.5 Å². The Morgan fingerprint density at radius 2 is 2.00 bits per heavy atom. The standard InChI is InChI=1S/C12H18N2/c1-14-9-5-8-11(13)12(14)10-6-3-2-4-7-10/h2-4,6-7,11-12H,5,8-9,13H2,1H3/t11-,12-/m1/s1.